The van der Waals surface area contributed by atoms with Crippen molar-refractivity contribution in [2.24, 2.45) is 11.8 Å². The van der Waals surface area contributed by atoms with E-state index in [1.54, 1.807) is 23.6 Å². The first-order chi connectivity index (χ1) is 13.7. The number of carbonyl (C=O) groups excluding carboxylic acids is 2. The van der Waals surface area contributed by atoms with E-state index in [-0.39, 0.29) is 11.8 Å². The van der Waals surface area contributed by atoms with Crippen molar-refractivity contribution in [3.8, 4) is 0 Å². The molecule has 3 aliphatic rings. The Morgan fingerprint density at radius 3 is 3.07 bits per heavy atom. The minimum Gasteiger partial charge on any atom is -0.338 e. The van der Waals surface area contributed by atoms with Crippen molar-refractivity contribution in [3.63, 3.8) is 0 Å². The molecule has 5 nitrogen and oxygen atoms in total. The van der Waals surface area contributed by atoms with E-state index in [2.05, 4.69) is 33.2 Å². The van der Waals surface area contributed by atoms with Crippen molar-refractivity contribution < 1.29 is 9.59 Å². The summed E-state index contributed by atoms with van der Waals surface area (Å²) in [5, 5.41) is 7.10. The molecule has 2 aromatic heterocycles. The van der Waals surface area contributed by atoms with Crippen LogP contribution in [0.2, 0.25) is 0 Å². The number of nitrogens with one attached hydrogen (secondary N) is 1. The van der Waals surface area contributed by atoms with Crippen molar-refractivity contribution in [2.45, 2.75) is 19.3 Å². The zero-order valence-corrected chi connectivity index (χ0v) is 16.2. The quantitative estimate of drug-likeness (QED) is 0.813. The number of hydrogen-bond acceptors (Lipinski definition) is 4. The highest BCUT2D eigenvalue weighted by molar-refractivity contribution is 7.08. The third-order valence-electron chi connectivity index (χ3n) is 5.88. The fourth-order valence-corrected chi connectivity index (χ4v) is 5.07. The highest BCUT2D eigenvalue weighted by atomic mass is 32.1. The van der Waals surface area contributed by atoms with Gasteiger partial charge in [0.15, 0.2) is 0 Å². The van der Waals surface area contributed by atoms with E-state index in [0.29, 0.717) is 30.5 Å². The van der Waals surface area contributed by atoms with Gasteiger partial charge in [-0.25, -0.2) is 4.98 Å². The van der Waals surface area contributed by atoms with Gasteiger partial charge < -0.3 is 10.2 Å². The Kier molecular flexibility index (Phi) is 4.36. The highest BCUT2D eigenvalue weighted by Gasteiger charge is 2.37. The van der Waals surface area contributed by atoms with E-state index in [4.69, 9.17) is 0 Å². The molecule has 6 heteroatoms. The number of fused-ring (bicyclic) bond motifs is 2. The lowest BCUT2D eigenvalue weighted by Gasteiger charge is -2.16. The van der Waals surface area contributed by atoms with Gasteiger partial charge >= 0.3 is 0 Å². The number of thiophene rings is 1. The van der Waals surface area contributed by atoms with E-state index in [1.807, 2.05) is 17.0 Å². The second-order valence-corrected chi connectivity index (χ2v) is 8.51. The Bertz CT molecular complexity index is 993. The van der Waals surface area contributed by atoms with E-state index in [0.717, 1.165) is 30.6 Å². The Labute approximate surface area is 167 Å². The van der Waals surface area contributed by atoms with Crippen molar-refractivity contribution in [3.05, 3.63) is 57.9 Å². The largest absolute Gasteiger partial charge is 0.338 e. The first-order valence-electron chi connectivity index (χ1n) is 9.65. The van der Waals surface area contributed by atoms with Gasteiger partial charge in [0.1, 0.15) is 5.82 Å². The number of carbonyl (C=O) groups is 2. The van der Waals surface area contributed by atoms with Crippen LogP contribution in [0.15, 0.2) is 41.2 Å². The van der Waals surface area contributed by atoms with Crippen LogP contribution in [0.3, 0.4) is 0 Å². The summed E-state index contributed by atoms with van der Waals surface area (Å²) in [6.07, 6.45) is 9.78. The maximum absolute atomic E-state index is 12.6. The van der Waals surface area contributed by atoms with Crippen LogP contribution >= 0.6 is 11.3 Å². The number of aromatic nitrogens is 1. The highest BCUT2D eigenvalue weighted by Crippen LogP contribution is 2.41. The molecule has 5 rings (SSSR count). The molecule has 1 saturated heterocycles. The standard InChI is InChI=1S/C22H21N3O2S/c26-20-3-2-15-7-14(10-23-22(15)24-20)1-4-21(27)25-11-18-8-17(9-19(18)12-25)16-5-6-28-13-16/h1,4-8,10,13,18-19H,2-3,9,11-12H2,(H,23,24,26)/b4-1+/t18?,19-/m1/s1. The molecule has 2 amide bonds. The van der Waals surface area contributed by atoms with Crippen LogP contribution in [0.5, 0.6) is 0 Å². The van der Waals surface area contributed by atoms with Gasteiger partial charge in [0, 0.05) is 31.8 Å². The Balaban J connectivity index is 1.23. The molecule has 4 heterocycles. The average molecular weight is 391 g/mol. The number of likely N-dealkylation sites (tertiary alicyclic amines) is 1. The van der Waals surface area contributed by atoms with Crippen LogP contribution in [0.25, 0.3) is 11.6 Å². The minimum atomic E-state index is 0.00857. The summed E-state index contributed by atoms with van der Waals surface area (Å²) in [5.41, 5.74) is 4.69. The summed E-state index contributed by atoms with van der Waals surface area (Å²) in [6, 6.07) is 4.18. The SMILES string of the molecule is O=C1CCc2cc(/C=C/C(=O)N3CC4C=C(c5ccsc5)C[C@@H]4C3)cnc2N1. The summed E-state index contributed by atoms with van der Waals surface area (Å²) < 4.78 is 0. The molecule has 0 saturated carbocycles. The summed E-state index contributed by atoms with van der Waals surface area (Å²) in [5.74, 6) is 1.73. The van der Waals surface area contributed by atoms with Crippen LogP contribution in [0.1, 0.15) is 29.5 Å². The Morgan fingerprint density at radius 1 is 1.32 bits per heavy atom. The van der Waals surface area contributed by atoms with Crippen molar-refractivity contribution in [1.29, 1.82) is 0 Å². The molecule has 0 spiro atoms. The van der Waals surface area contributed by atoms with Crippen LogP contribution in [0.4, 0.5) is 5.82 Å². The number of anilines is 1. The van der Waals surface area contributed by atoms with Crippen LogP contribution in [-0.4, -0.2) is 34.8 Å². The van der Waals surface area contributed by atoms with E-state index < -0.39 is 0 Å². The topological polar surface area (TPSA) is 62.3 Å². The van der Waals surface area contributed by atoms with Gasteiger partial charge in [-0.1, -0.05) is 6.08 Å². The van der Waals surface area contributed by atoms with Crippen molar-refractivity contribution in [1.82, 2.24) is 9.88 Å². The normalized spacial score (nSPS) is 23.5. The second-order valence-electron chi connectivity index (χ2n) is 7.73. The number of allylic oxidation sites excluding steroid dienone is 1. The lowest BCUT2D eigenvalue weighted by atomic mass is 9.99. The zero-order valence-electron chi connectivity index (χ0n) is 15.4. The molecule has 1 aliphatic carbocycles. The molecule has 1 fully saturated rings. The summed E-state index contributed by atoms with van der Waals surface area (Å²) in [7, 11) is 0. The molecule has 0 aromatic carbocycles. The number of pyridine rings is 1. The zero-order chi connectivity index (χ0) is 19.1. The second kappa shape index (κ2) is 7.02. The predicted octanol–water partition coefficient (Wildman–Crippen LogP) is 3.60. The third-order valence-corrected chi connectivity index (χ3v) is 6.56. The number of hydrogen-bond donors (Lipinski definition) is 1. The molecular formula is C22H21N3O2S. The molecule has 0 bridgehead atoms. The molecular weight excluding hydrogens is 370 g/mol. The molecule has 142 valence electrons. The number of nitrogens with zero attached hydrogens (tertiary/aromatic N) is 2. The maximum atomic E-state index is 12.6. The van der Waals surface area contributed by atoms with Crippen LogP contribution < -0.4 is 5.32 Å². The van der Waals surface area contributed by atoms with Gasteiger partial charge in [0.2, 0.25) is 11.8 Å². The lowest BCUT2D eigenvalue weighted by molar-refractivity contribution is -0.125. The first kappa shape index (κ1) is 17.4. The maximum Gasteiger partial charge on any atom is 0.246 e. The Morgan fingerprint density at radius 2 is 2.25 bits per heavy atom. The fraction of sp³-hybridized carbons (Fsp3) is 0.318. The van der Waals surface area contributed by atoms with Gasteiger partial charge in [-0.05, 0) is 75.9 Å². The van der Waals surface area contributed by atoms with Gasteiger partial charge in [-0.3, -0.25) is 9.59 Å². The molecule has 28 heavy (non-hydrogen) atoms. The van der Waals surface area contributed by atoms with Crippen LogP contribution in [-0.2, 0) is 16.0 Å². The number of rotatable bonds is 3. The minimum absolute atomic E-state index is 0.00857. The summed E-state index contributed by atoms with van der Waals surface area (Å²) in [6.45, 7) is 1.63. The fourth-order valence-electron chi connectivity index (χ4n) is 4.39. The smallest absolute Gasteiger partial charge is 0.246 e. The summed E-state index contributed by atoms with van der Waals surface area (Å²) in [4.78, 5) is 30.3. The van der Waals surface area contributed by atoms with E-state index >= 15 is 0 Å². The van der Waals surface area contributed by atoms with Crippen molar-refractivity contribution in [2.75, 3.05) is 18.4 Å². The molecule has 2 aromatic rings. The average Bonchev–Trinajstić information content (AvgIpc) is 3.41. The third kappa shape index (κ3) is 3.29. The van der Waals surface area contributed by atoms with Crippen LogP contribution in [0, 0.1) is 11.8 Å². The molecule has 2 atom stereocenters. The number of aryl methyl sites for hydroxylation is 1. The molecule has 1 unspecified atom stereocenters. The van der Waals surface area contributed by atoms with Crippen molar-refractivity contribution >= 4 is 40.6 Å². The molecule has 0 radical (unpaired) electrons. The first-order valence-corrected chi connectivity index (χ1v) is 10.6. The van der Waals surface area contributed by atoms with E-state index in [9.17, 15) is 9.59 Å². The molecule has 2 aliphatic heterocycles. The van der Waals surface area contributed by atoms with Gasteiger partial charge in [-0.15, -0.1) is 0 Å². The van der Waals surface area contributed by atoms with Gasteiger partial charge in [-0.2, -0.15) is 11.3 Å². The summed E-state index contributed by atoms with van der Waals surface area (Å²) >= 11 is 1.73. The van der Waals surface area contributed by atoms with Gasteiger partial charge in [0.25, 0.3) is 0 Å². The van der Waals surface area contributed by atoms with Gasteiger partial charge in [0.05, 0.1) is 0 Å². The predicted molar refractivity (Wildman–Crippen MR) is 111 cm³/mol. The number of amides is 2. The Hall–Kier alpha value is -2.73. The van der Waals surface area contributed by atoms with E-state index in [1.165, 1.54) is 11.1 Å². The monoisotopic (exact) mass is 391 g/mol. The lowest BCUT2D eigenvalue weighted by Crippen LogP contribution is -2.27. The molecule has 1 N–H and O–H groups in total.